The van der Waals surface area contributed by atoms with Crippen LogP contribution in [-0.2, 0) is 9.53 Å². The van der Waals surface area contributed by atoms with E-state index in [0.717, 1.165) is 25.7 Å². The van der Waals surface area contributed by atoms with Crippen LogP contribution in [0.2, 0.25) is 0 Å². The fraction of sp³-hybridized carbons (Fsp3) is 0.727. The van der Waals surface area contributed by atoms with Crippen molar-refractivity contribution in [3.63, 3.8) is 0 Å². The second-order valence-corrected chi connectivity index (χ2v) is 4.73. The molecular formula is C11H14O2. The van der Waals surface area contributed by atoms with Crippen molar-refractivity contribution in [3.8, 4) is 0 Å². The van der Waals surface area contributed by atoms with E-state index in [-0.39, 0.29) is 5.41 Å². The second kappa shape index (κ2) is 2.44. The molecule has 1 aliphatic heterocycles. The topological polar surface area (TPSA) is 29.6 Å². The number of ether oxygens (including phenoxy) is 1. The first kappa shape index (κ1) is 7.74. The summed E-state index contributed by atoms with van der Waals surface area (Å²) in [5.74, 6) is 1.37. The van der Waals surface area contributed by atoms with Crippen molar-refractivity contribution in [2.75, 3.05) is 6.61 Å². The quantitative estimate of drug-likeness (QED) is 0.373. The van der Waals surface area contributed by atoms with Gasteiger partial charge in [-0.25, -0.2) is 0 Å². The Morgan fingerprint density at radius 3 is 3.00 bits per heavy atom. The van der Waals surface area contributed by atoms with Gasteiger partial charge in [-0.05, 0) is 31.1 Å². The van der Waals surface area contributed by atoms with Crippen LogP contribution in [0.1, 0.15) is 19.3 Å². The van der Waals surface area contributed by atoms with E-state index in [1.807, 2.05) is 0 Å². The molecule has 4 unspecified atom stereocenters. The van der Waals surface area contributed by atoms with E-state index in [4.69, 9.17) is 4.74 Å². The Bertz CT molecular complexity index is 267. The van der Waals surface area contributed by atoms with Gasteiger partial charge in [0.05, 0.1) is 12.7 Å². The minimum Gasteiger partial charge on any atom is -0.373 e. The Balaban J connectivity index is 1.73. The minimum absolute atomic E-state index is 0.0791. The lowest BCUT2D eigenvalue weighted by Gasteiger charge is -2.19. The summed E-state index contributed by atoms with van der Waals surface area (Å²) in [6.07, 6.45) is 9.33. The van der Waals surface area contributed by atoms with Gasteiger partial charge in [-0.2, -0.15) is 0 Å². The Morgan fingerprint density at radius 1 is 1.54 bits per heavy atom. The number of fused-ring (bicyclic) bond motifs is 2. The van der Waals surface area contributed by atoms with E-state index >= 15 is 0 Å². The summed E-state index contributed by atoms with van der Waals surface area (Å²) in [6, 6.07) is 0. The SMILES string of the molecule is O=CC12C=CC(C1)C(CC1CO1)C2. The van der Waals surface area contributed by atoms with Gasteiger partial charge in [0.15, 0.2) is 0 Å². The first-order valence-corrected chi connectivity index (χ1v) is 5.09. The molecule has 0 N–H and O–H groups in total. The molecule has 0 aromatic rings. The molecule has 0 amide bonds. The van der Waals surface area contributed by atoms with Crippen molar-refractivity contribution >= 4 is 6.29 Å². The third kappa shape index (κ3) is 1.16. The Labute approximate surface area is 78.0 Å². The minimum atomic E-state index is -0.0791. The van der Waals surface area contributed by atoms with E-state index < -0.39 is 0 Å². The summed E-state index contributed by atoms with van der Waals surface area (Å²) >= 11 is 0. The highest BCUT2D eigenvalue weighted by atomic mass is 16.6. The lowest BCUT2D eigenvalue weighted by Crippen LogP contribution is -2.16. The zero-order chi connectivity index (χ0) is 8.89. The molecule has 2 nitrogen and oxygen atoms in total. The predicted molar refractivity (Wildman–Crippen MR) is 48.2 cm³/mol. The largest absolute Gasteiger partial charge is 0.373 e. The van der Waals surface area contributed by atoms with Crippen LogP contribution in [0.25, 0.3) is 0 Å². The monoisotopic (exact) mass is 178 g/mol. The molecule has 70 valence electrons. The average Bonchev–Trinajstić information content (AvgIpc) is 2.78. The van der Waals surface area contributed by atoms with E-state index in [1.54, 1.807) is 0 Å². The number of allylic oxidation sites excluding steroid dienone is 2. The van der Waals surface area contributed by atoms with E-state index in [2.05, 4.69) is 12.2 Å². The maximum Gasteiger partial charge on any atom is 0.129 e. The van der Waals surface area contributed by atoms with Gasteiger partial charge in [-0.15, -0.1) is 0 Å². The summed E-state index contributed by atoms with van der Waals surface area (Å²) < 4.78 is 5.23. The number of carbonyl (C=O) groups is 1. The summed E-state index contributed by atoms with van der Waals surface area (Å²) in [6.45, 7) is 0.945. The fourth-order valence-electron chi connectivity index (χ4n) is 2.94. The summed E-state index contributed by atoms with van der Waals surface area (Å²) in [7, 11) is 0. The van der Waals surface area contributed by atoms with Crippen LogP contribution >= 0.6 is 0 Å². The van der Waals surface area contributed by atoms with Gasteiger partial charge < -0.3 is 9.53 Å². The van der Waals surface area contributed by atoms with Crippen LogP contribution in [-0.4, -0.2) is 19.0 Å². The van der Waals surface area contributed by atoms with Gasteiger partial charge in [0.1, 0.15) is 6.29 Å². The van der Waals surface area contributed by atoms with Crippen LogP contribution in [0.3, 0.4) is 0 Å². The number of aldehydes is 1. The molecule has 2 heteroatoms. The maximum atomic E-state index is 11.0. The molecule has 0 aromatic heterocycles. The van der Waals surface area contributed by atoms with Crippen molar-refractivity contribution in [3.05, 3.63) is 12.2 Å². The van der Waals surface area contributed by atoms with Gasteiger partial charge in [-0.3, -0.25) is 0 Å². The van der Waals surface area contributed by atoms with Gasteiger partial charge in [0, 0.05) is 5.41 Å². The van der Waals surface area contributed by atoms with Crippen molar-refractivity contribution in [1.82, 2.24) is 0 Å². The lowest BCUT2D eigenvalue weighted by atomic mass is 9.84. The molecule has 1 saturated heterocycles. The second-order valence-electron chi connectivity index (χ2n) is 4.73. The number of rotatable bonds is 3. The molecule has 0 spiro atoms. The van der Waals surface area contributed by atoms with Gasteiger partial charge in [0.25, 0.3) is 0 Å². The lowest BCUT2D eigenvalue weighted by molar-refractivity contribution is -0.113. The molecule has 13 heavy (non-hydrogen) atoms. The Kier molecular flexibility index (Phi) is 1.46. The molecule has 1 saturated carbocycles. The number of carbonyl (C=O) groups excluding carboxylic acids is 1. The molecule has 3 rings (SSSR count). The maximum absolute atomic E-state index is 11.0. The van der Waals surface area contributed by atoms with Crippen LogP contribution in [0.4, 0.5) is 0 Å². The van der Waals surface area contributed by atoms with Crippen LogP contribution in [0.15, 0.2) is 12.2 Å². The molecule has 2 fully saturated rings. The fourth-order valence-corrected chi connectivity index (χ4v) is 2.94. The molecule has 4 atom stereocenters. The molecule has 1 heterocycles. The van der Waals surface area contributed by atoms with Crippen LogP contribution in [0, 0.1) is 17.3 Å². The third-order valence-electron chi connectivity index (χ3n) is 3.74. The summed E-state index contributed by atoms with van der Waals surface area (Å²) in [4.78, 5) is 11.0. The molecule has 0 radical (unpaired) electrons. The van der Waals surface area contributed by atoms with Crippen molar-refractivity contribution in [1.29, 1.82) is 0 Å². The van der Waals surface area contributed by atoms with Crippen molar-refractivity contribution < 1.29 is 9.53 Å². The highest BCUT2D eigenvalue weighted by molar-refractivity contribution is 5.65. The highest BCUT2D eigenvalue weighted by Gasteiger charge is 2.48. The van der Waals surface area contributed by atoms with E-state index in [0.29, 0.717) is 17.9 Å². The third-order valence-corrected chi connectivity index (χ3v) is 3.74. The summed E-state index contributed by atoms with van der Waals surface area (Å²) in [5, 5.41) is 0. The zero-order valence-corrected chi connectivity index (χ0v) is 7.61. The Morgan fingerprint density at radius 2 is 2.38 bits per heavy atom. The van der Waals surface area contributed by atoms with Crippen molar-refractivity contribution in [2.24, 2.45) is 17.3 Å². The number of epoxide rings is 1. The van der Waals surface area contributed by atoms with Crippen LogP contribution < -0.4 is 0 Å². The number of hydrogen-bond acceptors (Lipinski definition) is 2. The number of hydrogen-bond donors (Lipinski definition) is 0. The first-order valence-electron chi connectivity index (χ1n) is 5.09. The van der Waals surface area contributed by atoms with E-state index in [9.17, 15) is 4.79 Å². The van der Waals surface area contributed by atoms with E-state index in [1.165, 1.54) is 6.42 Å². The highest BCUT2D eigenvalue weighted by Crippen LogP contribution is 2.53. The average molecular weight is 178 g/mol. The smallest absolute Gasteiger partial charge is 0.129 e. The first-order chi connectivity index (χ1) is 6.31. The molecule has 2 bridgehead atoms. The summed E-state index contributed by atoms with van der Waals surface area (Å²) in [5.41, 5.74) is -0.0791. The zero-order valence-electron chi connectivity index (χ0n) is 7.61. The standard InChI is InChI=1S/C11H14O2/c12-7-11-2-1-8(4-11)9(5-11)3-10-6-13-10/h1-2,7-10H,3-6H2. The van der Waals surface area contributed by atoms with Crippen LogP contribution in [0.5, 0.6) is 0 Å². The normalized spacial score (nSPS) is 51.2. The van der Waals surface area contributed by atoms with Crippen molar-refractivity contribution in [2.45, 2.75) is 25.4 Å². The molecular weight excluding hydrogens is 164 g/mol. The molecule has 3 aliphatic rings. The Hall–Kier alpha value is -0.630. The van der Waals surface area contributed by atoms with Gasteiger partial charge in [-0.1, -0.05) is 12.2 Å². The predicted octanol–water partition coefficient (Wildman–Crippen LogP) is 1.56. The molecule has 0 aromatic carbocycles. The van der Waals surface area contributed by atoms with Gasteiger partial charge in [0.2, 0.25) is 0 Å². The molecule has 2 aliphatic carbocycles. The van der Waals surface area contributed by atoms with Gasteiger partial charge >= 0.3 is 0 Å².